The number of nitrogens with zero attached hydrogens (tertiary/aromatic N) is 1. The summed E-state index contributed by atoms with van der Waals surface area (Å²) in [7, 11) is 0. The number of aliphatic hydroxyl groups excluding tert-OH is 1. The molecule has 0 aliphatic heterocycles. The molecule has 0 spiro atoms. The number of rotatable bonds is 7. The first-order chi connectivity index (χ1) is 10.8. The predicted octanol–water partition coefficient (Wildman–Crippen LogP) is 3.66. The summed E-state index contributed by atoms with van der Waals surface area (Å²) >= 11 is 0. The Morgan fingerprint density at radius 3 is 2.65 bits per heavy atom. The van der Waals surface area contributed by atoms with Gasteiger partial charge >= 0.3 is 0 Å². The van der Waals surface area contributed by atoms with Crippen molar-refractivity contribution in [2.75, 3.05) is 6.61 Å². The topological polar surface area (TPSA) is 82.5 Å². The average molecular weight is 313 g/mol. The van der Waals surface area contributed by atoms with E-state index in [1.54, 1.807) is 0 Å². The number of allylic oxidation sites excluding steroid dienone is 2. The van der Waals surface area contributed by atoms with Crippen LogP contribution in [0.1, 0.15) is 44.7 Å². The first-order valence-corrected chi connectivity index (χ1v) is 7.74. The monoisotopic (exact) mass is 313 g/mol. The maximum atomic E-state index is 8.94. The van der Waals surface area contributed by atoms with Crippen LogP contribution in [-0.4, -0.2) is 23.8 Å². The van der Waals surface area contributed by atoms with Gasteiger partial charge in [-0.1, -0.05) is 51.1 Å². The van der Waals surface area contributed by atoms with Crippen molar-refractivity contribution in [3.8, 4) is 0 Å². The van der Waals surface area contributed by atoms with Crippen LogP contribution >= 0.6 is 0 Å². The fourth-order valence-corrected chi connectivity index (χ4v) is 2.07. The molecule has 0 aliphatic carbocycles. The van der Waals surface area contributed by atoms with Crippen molar-refractivity contribution >= 4 is 17.7 Å². The Balaban J connectivity index is 3.27. The van der Waals surface area contributed by atoms with E-state index in [1.165, 1.54) is 5.56 Å². The molecule has 23 heavy (non-hydrogen) atoms. The minimum Gasteiger partial charge on any atom is -0.396 e. The van der Waals surface area contributed by atoms with Crippen molar-refractivity contribution in [1.29, 1.82) is 5.41 Å². The van der Waals surface area contributed by atoms with Crippen LogP contribution in [0.4, 0.5) is 0 Å². The van der Waals surface area contributed by atoms with Gasteiger partial charge in [0.25, 0.3) is 0 Å². The lowest BCUT2D eigenvalue weighted by molar-refractivity contribution is 0.289. The maximum Gasteiger partial charge on any atom is 0.141 e. The van der Waals surface area contributed by atoms with E-state index >= 15 is 0 Å². The highest BCUT2D eigenvalue weighted by atomic mass is 16.2. The van der Waals surface area contributed by atoms with Gasteiger partial charge in [0, 0.05) is 12.2 Å². The molecule has 0 atom stereocenters. The van der Waals surface area contributed by atoms with E-state index in [9.17, 15) is 0 Å². The molecule has 0 bridgehead atoms. The second-order valence-electron chi connectivity index (χ2n) is 6.53. The van der Waals surface area contributed by atoms with Crippen LogP contribution in [-0.2, 0) is 5.41 Å². The second-order valence-corrected chi connectivity index (χ2v) is 6.53. The van der Waals surface area contributed by atoms with E-state index in [2.05, 4.69) is 44.5 Å². The Morgan fingerprint density at radius 2 is 2.09 bits per heavy atom. The summed E-state index contributed by atoms with van der Waals surface area (Å²) in [5.41, 5.74) is 9.43. The minimum atomic E-state index is 0.0336. The summed E-state index contributed by atoms with van der Waals surface area (Å²) in [6.45, 7) is 10.6. The van der Waals surface area contributed by atoms with Crippen LogP contribution in [0.5, 0.6) is 0 Å². The fourth-order valence-electron chi connectivity index (χ4n) is 2.07. The number of nitrogens with two attached hydrogens (primary N) is 1. The van der Waals surface area contributed by atoms with Crippen LogP contribution in [0.3, 0.4) is 0 Å². The molecular weight excluding hydrogens is 286 g/mol. The van der Waals surface area contributed by atoms with Crippen molar-refractivity contribution < 1.29 is 5.11 Å². The molecule has 0 heterocycles. The zero-order valence-corrected chi connectivity index (χ0v) is 14.3. The Labute approximate surface area is 139 Å². The van der Waals surface area contributed by atoms with E-state index in [1.807, 2.05) is 18.2 Å². The van der Waals surface area contributed by atoms with Gasteiger partial charge in [0.05, 0.1) is 11.9 Å². The third-order valence-corrected chi connectivity index (χ3v) is 3.42. The van der Waals surface area contributed by atoms with Crippen LogP contribution in [0, 0.1) is 5.41 Å². The number of aliphatic hydroxyl groups is 1. The smallest absolute Gasteiger partial charge is 0.141 e. The lowest BCUT2D eigenvalue weighted by Gasteiger charge is -2.20. The largest absolute Gasteiger partial charge is 0.396 e. The average Bonchev–Trinajstić information content (AvgIpc) is 2.51. The predicted molar refractivity (Wildman–Crippen MR) is 99.0 cm³/mol. The molecule has 1 rings (SSSR count). The fraction of sp³-hybridized carbons (Fsp3) is 0.368. The Kier molecular flexibility index (Phi) is 6.91. The van der Waals surface area contributed by atoms with Gasteiger partial charge in [-0.15, -0.1) is 0 Å². The highest BCUT2D eigenvalue weighted by Crippen LogP contribution is 2.27. The zero-order chi connectivity index (χ0) is 17.5. The standard InChI is InChI=1S/C19H27N3O/c1-14(7-6-10-23)11-17(22-18(21)13-20)15-8-5-9-16(12-15)19(2,3)4/h5,8-9,11-13,20,23H,1,6-7,10H2,2-4H3,(H2,21,22)/b17-11-,20-13?. The quantitative estimate of drug-likeness (QED) is 0.408. The van der Waals surface area contributed by atoms with Crippen molar-refractivity contribution in [2.24, 2.45) is 10.7 Å². The van der Waals surface area contributed by atoms with Crippen molar-refractivity contribution in [2.45, 2.75) is 39.0 Å². The molecule has 0 aliphatic rings. The molecule has 0 radical (unpaired) electrons. The molecule has 1 aromatic carbocycles. The van der Waals surface area contributed by atoms with Crippen LogP contribution < -0.4 is 5.73 Å². The van der Waals surface area contributed by atoms with Gasteiger partial charge in [0.2, 0.25) is 0 Å². The highest BCUT2D eigenvalue weighted by molar-refractivity contribution is 6.28. The van der Waals surface area contributed by atoms with Gasteiger partial charge in [-0.05, 0) is 36.0 Å². The summed E-state index contributed by atoms with van der Waals surface area (Å²) in [5, 5.41) is 16.2. The highest BCUT2D eigenvalue weighted by Gasteiger charge is 2.14. The number of benzene rings is 1. The SMILES string of the molecule is C=C(/C=C(\N=C(N)C=N)c1cccc(C(C)(C)C)c1)CCCO. The lowest BCUT2D eigenvalue weighted by atomic mass is 9.86. The summed E-state index contributed by atoms with van der Waals surface area (Å²) < 4.78 is 0. The van der Waals surface area contributed by atoms with Gasteiger partial charge in [-0.25, -0.2) is 4.99 Å². The zero-order valence-electron chi connectivity index (χ0n) is 14.3. The number of amidine groups is 1. The summed E-state index contributed by atoms with van der Waals surface area (Å²) in [6.07, 6.45) is 4.25. The van der Waals surface area contributed by atoms with Gasteiger partial charge in [0.1, 0.15) is 5.84 Å². The number of hydrogen-bond donors (Lipinski definition) is 3. The van der Waals surface area contributed by atoms with E-state index < -0.39 is 0 Å². The molecule has 0 amide bonds. The molecule has 1 aromatic rings. The van der Waals surface area contributed by atoms with Gasteiger partial charge in [0.15, 0.2) is 0 Å². The molecule has 4 heteroatoms. The van der Waals surface area contributed by atoms with Gasteiger partial charge in [-0.3, -0.25) is 0 Å². The lowest BCUT2D eigenvalue weighted by Crippen LogP contribution is -2.13. The summed E-state index contributed by atoms with van der Waals surface area (Å²) in [4.78, 5) is 4.33. The number of nitrogens with one attached hydrogen (secondary N) is 1. The van der Waals surface area contributed by atoms with Crippen LogP contribution in [0.15, 0.2) is 47.5 Å². The van der Waals surface area contributed by atoms with E-state index in [4.69, 9.17) is 16.2 Å². The third kappa shape index (κ3) is 6.20. The minimum absolute atomic E-state index is 0.0336. The van der Waals surface area contributed by atoms with Gasteiger partial charge in [-0.2, -0.15) is 0 Å². The van der Waals surface area contributed by atoms with Crippen molar-refractivity contribution in [3.05, 3.63) is 53.6 Å². The molecule has 0 unspecified atom stereocenters. The molecule has 4 N–H and O–H groups in total. The normalized spacial score (nSPS) is 13.0. The van der Waals surface area contributed by atoms with Crippen LogP contribution in [0.2, 0.25) is 0 Å². The summed E-state index contributed by atoms with van der Waals surface area (Å²) in [5.74, 6) is 0.146. The molecule has 4 nitrogen and oxygen atoms in total. The molecule has 0 fully saturated rings. The Bertz CT molecular complexity index is 622. The maximum absolute atomic E-state index is 8.94. The molecule has 0 aromatic heterocycles. The van der Waals surface area contributed by atoms with Crippen LogP contribution in [0.25, 0.3) is 5.70 Å². The number of aliphatic imine (C=N–C) groups is 1. The summed E-state index contributed by atoms with van der Waals surface area (Å²) in [6, 6.07) is 8.15. The third-order valence-electron chi connectivity index (χ3n) is 3.42. The van der Waals surface area contributed by atoms with Crippen molar-refractivity contribution in [3.63, 3.8) is 0 Å². The van der Waals surface area contributed by atoms with E-state index in [0.29, 0.717) is 18.5 Å². The first kappa shape index (κ1) is 18.8. The second kappa shape index (κ2) is 8.44. The van der Waals surface area contributed by atoms with E-state index in [-0.39, 0.29) is 17.9 Å². The molecular formula is C19H27N3O. The van der Waals surface area contributed by atoms with Gasteiger partial charge < -0.3 is 16.2 Å². The number of hydrogen-bond acceptors (Lipinski definition) is 3. The molecule has 0 saturated carbocycles. The molecule has 124 valence electrons. The van der Waals surface area contributed by atoms with Crippen molar-refractivity contribution in [1.82, 2.24) is 0 Å². The first-order valence-electron chi connectivity index (χ1n) is 7.74. The Morgan fingerprint density at radius 1 is 1.39 bits per heavy atom. The Hall–Kier alpha value is -2.20. The molecule has 0 saturated heterocycles. The van der Waals surface area contributed by atoms with E-state index in [0.717, 1.165) is 17.4 Å².